The van der Waals surface area contributed by atoms with Crippen LogP contribution in [0.15, 0.2) is 63.6 Å². The minimum atomic E-state index is -0.487. The summed E-state index contributed by atoms with van der Waals surface area (Å²) in [6.45, 7) is 0.832. The van der Waals surface area contributed by atoms with Gasteiger partial charge in [-0.05, 0) is 29.8 Å². The SMILES string of the molecule is O=C(NCc1cccc(OCCOc2ncn[nH]2)c1)c1nc2scc(-c3ccco3)c2c(=O)[nH]1. The Bertz CT molecular complexity index is 1460. The van der Waals surface area contributed by atoms with Gasteiger partial charge in [-0.15, -0.1) is 11.3 Å². The lowest BCUT2D eigenvalue weighted by Crippen LogP contribution is -2.27. The maximum Gasteiger partial charge on any atom is 0.312 e. The second kappa shape index (κ2) is 9.58. The molecule has 4 heterocycles. The van der Waals surface area contributed by atoms with Crippen LogP contribution in [0.3, 0.4) is 0 Å². The molecule has 12 heteroatoms. The van der Waals surface area contributed by atoms with Gasteiger partial charge in [-0.25, -0.2) is 10.1 Å². The molecule has 0 bridgehead atoms. The number of benzene rings is 1. The van der Waals surface area contributed by atoms with Gasteiger partial charge in [0.05, 0.1) is 11.6 Å². The van der Waals surface area contributed by atoms with Crippen LogP contribution in [0.25, 0.3) is 21.5 Å². The molecule has 0 radical (unpaired) electrons. The van der Waals surface area contributed by atoms with Crippen molar-refractivity contribution in [2.75, 3.05) is 13.2 Å². The van der Waals surface area contributed by atoms with Crippen LogP contribution in [0.5, 0.6) is 11.8 Å². The number of aromatic amines is 2. The number of H-pyrrole nitrogens is 2. The third kappa shape index (κ3) is 4.66. The van der Waals surface area contributed by atoms with Crippen molar-refractivity contribution in [3.63, 3.8) is 0 Å². The highest BCUT2D eigenvalue weighted by molar-refractivity contribution is 7.17. The molecule has 3 N–H and O–H groups in total. The van der Waals surface area contributed by atoms with Gasteiger partial charge in [0.15, 0.2) is 0 Å². The summed E-state index contributed by atoms with van der Waals surface area (Å²) in [7, 11) is 0. The standard InChI is InChI=1S/C22H18N6O5S/c29-19-17-15(16-5-2-6-32-16)11-34-21(17)27-18(26-19)20(30)23-10-13-3-1-4-14(9-13)31-7-8-33-22-24-12-25-28-22/h1-6,9,11-12H,7-8,10H2,(H,23,30)(H,24,25,28)(H,26,27,29). The van der Waals surface area contributed by atoms with Gasteiger partial charge in [-0.2, -0.15) is 10.1 Å². The van der Waals surface area contributed by atoms with Crippen molar-refractivity contribution in [3.05, 3.63) is 76.1 Å². The van der Waals surface area contributed by atoms with Crippen LogP contribution in [-0.4, -0.2) is 44.3 Å². The Labute approximate surface area is 195 Å². The average molecular weight is 478 g/mol. The van der Waals surface area contributed by atoms with Crippen molar-refractivity contribution in [2.45, 2.75) is 6.54 Å². The first-order valence-corrected chi connectivity index (χ1v) is 11.1. The van der Waals surface area contributed by atoms with E-state index in [0.29, 0.717) is 46.5 Å². The highest BCUT2D eigenvalue weighted by atomic mass is 32.1. The Kier molecular flexibility index (Phi) is 6.03. The van der Waals surface area contributed by atoms with E-state index in [9.17, 15) is 9.59 Å². The second-order valence-corrected chi connectivity index (χ2v) is 7.90. The molecule has 34 heavy (non-hydrogen) atoms. The summed E-state index contributed by atoms with van der Waals surface area (Å²) in [4.78, 5) is 36.5. The molecule has 5 aromatic rings. The summed E-state index contributed by atoms with van der Waals surface area (Å²) in [5.41, 5.74) is 1.07. The summed E-state index contributed by atoms with van der Waals surface area (Å²) in [6, 6.07) is 11.1. The van der Waals surface area contributed by atoms with E-state index >= 15 is 0 Å². The van der Waals surface area contributed by atoms with Crippen molar-refractivity contribution in [1.82, 2.24) is 30.5 Å². The quantitative estimate of drug-likeness (QED) is 0.274. The fraction of sp³-hybridized carbons (Fsp3) is 0.136. The lowest BCUT2D eigenvalue weighted by molar-refractivity contribution is 0.0940. The number of hydrogen-bond acceptors (Lipinski definition) is 9. The van der Waals surface area contributed by atoms with Crippen LogP contribution in [0, 0.1) is 0 Å². The number of hydrogen-bond donors (Lipinski definition) is 3. The zero-order chi connectivity index (χ0) is 23.3. The Balaban J connectivity index is 1.20. The van der Waals surface area contributed by atoms with E-state index < -0.39 is 11.5 Å². The van der Waals surface area contributed by atoms with Crippen molar-refractivity contribution in [3.8, 4) is 23.1 Å². The Morgan fingerprint density at radius 3 is 2.91 bits per heavy atom. The summed E-state index contributed by atoms with van der Waals surface area (Å²) in [5, 5.41) is 11.2. The van der Waals surface area contributed by atoms with Gasteiger partial charge < -0.3 is 24.2 Å². The summed E-state index contributed by atoms with van der Waals surface area (Å²) in [6.07, 6.45) is 2.89. The minimum Gasteiger partial charge on any atom is -0.490 e. The van der Waals surface area contributed by atoms with E-state index in [1.165, 1.54) is 23.9 Å². The normalized spacial score (nSPS) is 10.9. The fourth-order valence-corrected chi connectivity index (χ4v) is 4.17. The molecule has 0 aliphatic heterocycles. The van der Waals surface area contributed by atoms with Crippen molar-refractivity contribution >= 4 is 27.5 Å². The summed E-state index contributed by atoms with van der Waals surface area (Å²) in [5.74, 6) is 0.661. The van der Waals surface area contributed by atoms with Crippen LogP contribution in [0.4, 0.5) is 0 Å². The summed E-state index contributed by atoms with van der Waals surface area (Å²) >= 11 is 1.28. The van der Waals surface area contributed by atoms with Gasteiger partial charge in [0.2, 0.25) is 5.82 Å². The molecule has 5 rings (SSSR count). The number of fused-ring (bicyclic) bond motifs is 1. The second-order valence-electron chi connectivity index (χ2n) is 7.04. The van der Waals surface area contributed by atoms with E-state index in [-0.39, 0.29) is 12.4 Å². The zero-order valence-corrected chi connectivity index (χ0v) is 18.4. The highest BCUT2D eigenvalue weighted by Gasteiger charge is 2.17. The number of rotatable bonds is 9. The third-order valence-electron chi connectivity index (χ3n) is 4.78. The van der Waals surface area contributed by atoms with E-state index in [4.69, 9.17) is 13.9 Å². The molecule has 0 spiro atoms. The number of amides is 1. The van der Waals surface area contributed by atoms with Crippen LogP contribution in [-0.2, 0) is 6.54 Å². The molecule has 0 saturated carbocycles. The van der Waals surface area contributed by atoms with Gasteiger partial charge in [0, 0.05) is 17.5 Å². The minimum absolute atomic E-state index is 0.0534. The lowest BCUT2D eigenvalue weighted by atomic mass is 10.2. The molecule has 0 aliphatic carbocycles. The van der Waals surface area contributed by atoms with E-state index in [2.05, 4.69) is 30.5 Å². The van der Waals surface area contributed by atoms with Gasteiger partial charge in [0.1, 0.15) is 35.9 Å². The highest BCUT2D eigenvalue weighted by Crippen LogP contribution is 2.30. The Morgan fingerprint density at radius 2 is 2.09 bits per heavy atom. The molecule has 0 unspecified atom stereocenters. The fourth-order valence-electron chi connectivity index (χ4n) is 3.24. The van der Waals surface area contributed by atoms with Crippen molar-refractivity contribution in [1.29, 1.82) is 0 Å². The number of ether oxygens (including phenoxy) is 2. The van der Waals surface area contributed by atoms with Crippen molar-refractivity contribution in [2.24, 2.45) is 0 Å². The molecule has 1 aromatic carbocycles. The molecule has 1 amide bonds. The predicted molar refractivity (Wildman–Crippen MR) is 123 cm³/mol. The topological polar surface area (TPSA) is 148 Å². The van der Waals surface area contributed by atoms with E-state index in [0.717, 1.165) is 5.56 Å². The maximum atomic E-state index is 12.7. The number of carbonyl (C=O) groups excluding carboxylic acids is 1. The van der Waals surface area contributed by atoms with Crippen LogP contribution < -0.4 is 20.3 Å². The number of thiophene rings is 1. The molecule has 0 atom stereocenters. The third-order valence-corrected chi connectivity index (χ3v) is 5.65. The van der Waals surface area contributed by atoms with E-state index in [1.54, 1.807) is 23.6 Å². The van der Waals surface area contributed by atoms with Gasteiger partial charge in [0.25, 0.3) is 11.5 Å². The van der Waals surface area contributed by atoms with Gasteiger partial charge >= 0.3 is 6.01 Å². The molecule has 0 aliphatic rings. The zero-order valence-electron chi connectivity index (χ0n) is 17.6. The van der Waals surface area contributed by atoms with Crippen LogP contribution in [0.1, 0.15) is 16.2 Å². The lowest BCUT2D eigenvalue weighted by Gasteiger charge is -2.09. The largest absolute Gasteiger partial charge is 0.490 e. The van der Waals surface area contributed by atoms with Crippen LogP contribution in [0.2, 0.25) is 0 Å². The van der Waals surface area contributed by atoms with Crippen molar-refractivity contribution < 1.29 is 18.7 Å². The Hall–Kier alpha value is -4.45. The van der Waals surface area contributed by atoms with Gasteiger partial charge in [-0.1, -0.05) is 12.1 Å². The van der Waals surface area contributed by atoms with E-state index in [1.807, 2.05) is 18.2 Å². The van der Waals surface area contributed by atoms with Gasteiger partial charge in [-0.3, -0.25) is 9.59 Å². The summed E-state index contributed by atoms with van der Waals surface area (Å²) < 4.78 is 16.4. The number of nitrogens with one attached hydrogen (secondary N) is 3. The first kappa shape index (κ1) is 21.4. The molecule has 0 saturated heterocycles. The average Bonchev–Trinajstić information content (AvgIpc) is 3.62. The monoisotopic (exact) mass is 478 g/mol. The Morgan fingerprint density at radius 1 is 1.18 bits per heavy atom. The number of nitrogens with zero attached hydrogens (tertiary/aromatic N) is 3. The predicted octanol–water partition coefficient (Wildman–Crippen LogP) is 2.75. The van der Waals surface area contributed by atoms with Crippen LogP contribution >= 0.6 is 11.3 Å². The number of aromatic nitrogens is 5. The molecule has 172 valence electrons. The maximum absolute atomic E-state index is 12.7. The molecule has 11 nitrogen and oxygen atoms in total. The molecular weight excluding hydrogens is 460 g/mol. The smallest absolute Gasteiger partial charge is 0.312 e. The number of furan rings is 1. The first-order chi connectivity index (χ1) is 16.7. The molecule has 0 fully saturated rings. The first-order valence-electron chi connectivity index (χ1n) is 10.2. The molecular formula is C22H18N6O5S. The number of carbonyl (C=O) groups is 1. The molecule has 4 aromatic heterocycles.